The maximum absolute atomic E-state index is 11.6. The number of hydrogen-bond acceptors (Lipinski definition) is 5. The Morgan fingerprint density at radius 2 is 2.24 bits per heavy atom. The molecule has 1 aliphatic heterocycles. The fraction of sp³-hybridized carbons (Fsp3) is 0.545. The highest BCUT2D eigenvalue weighted by atomic mass is 16.2. The summed E-state index contributed by atoms with van der Waals surface area (Å²) < 4.78 is 0. The van der Waals surface area contributed by atoms with Gasteiger partial charge in [0.15, 0.2) is 0 Å². The maximum Gasteiger partial charge on any atom is 0.241 e. The van der Waals surface area contributed by atoms with Crippen molar-refractivity contribution in [3.05, 3.63) is 12.4 Å². The van der Waals surface area contributed by atoms with E-state index < -0.39 is 0 Å². The lowest BCUT2D eigenvalue weighted by Crippen LogP contribution is -2.48. The Labute approximate surface area is 101 Å². The topological polar surface area (TPSA) is 61.4 Å². The zero-order chi connectivity index (χ0) is 12.3. The molecule has 1 amide bonds. The third-order valence-electron chi connectivity index (χ3n) is 2.76. The molecule has 17 heavy (non-hydrogen) atoms. The molecule has 0 aromatic carbocycles. The van der Waals surface area contributed by atoms with Crippen molar-refractivity contribution in [2.45, 2.75) is 6.92 Å². The summed E-state index contributed by atoms with van der Waals surface area (Å²) >= 11 is 0. The predicted octanol–water partition coefficient (Wildman–Crippen LogP) is 0.187. The number of carbonyl (C=O) groups is 1. The first-order chi connectivity index (χ1) is 8.20. The van der Waals surface area contributed by atoms with Gasteiger partial charge in [0, 0.05) is 26.7 Å². The molecule has 0 spiro atoms. The minimum atomic E-state index is 0.118. The van der Waals surface area contributed by atoms with Crippen LogP contribution in [0.3, 0.4) is 0 Å². The molecule has 0 bridgehead atoms. The smallest absolute Gasteiger partial charge is 0.241 e. The summed E-state index contributed by atoms with van der Waals surface area (Å²) in [5.41, 5.74) is 0. The molecule has 6 heteroatoms. The van der Waals surface area contributed by atoms with E-state index in [0.29, 0.717) is 6.54 Å². The molecule has 0 unspecified atom stereocenters. The van der Waals surface area contributed by atoms with Gasteiger partial charge in [-0.1, -0.05) is 0 Å². The van der Waals surface area contributed by atoms with Crippen molar-refractivity contribution in [1.29, 1.82) is 0 Å². The number of anilines is 2. The van der Waals surface area contributed by atoms with Gasteiger partial charge in [-0.15, -0.1) is 0 Å². The van der Waals surface area contributed by atoms with Crippen molar-refractivity contribution in [3.63, 3.8) is 0 Å². The van der Waals surface area contributed by atoms with Gasteiger partial charge >= 0.3 is 0 Å². The number of aromatic nitrogens is 2. The first-order valence-electron chi connectivity index (χ1n) is 5.75. The molecule has 1 aromatic heterocycles. The Hall–Kier alpha value is -1.85. The van der Waals surface area contributed by atoms with Gasteiger partial charge in [0.25, 0.3) is 0 Å². The van der Waals surface area contributed by atoms with E-state index in [1.165, 1.54) is 0 Å². The van der Waals surface area contributed by atoms with Crippen LogP contribution in [0.25, 0.3) is 0 Å². The lowest BCUT2D eigenvalue weighted by Gasteiger charge is -2.32. The summed E-state index contributed by atoms with van der Waals surface area (Å²) in [6.07, 6.45) is 3.38. The van der Waals surface area contributed by atoms with Gasteiger partial charge in [-0.2, -0.15) is 0 Å². The SMILES string of the molecule is CCNc1cncc(N2CCN(C)C(=O)C2)n1. The van der Waals surface area contributed by atoms with Crippen LogP contribution in [0, 0.1) is 0 Å². The quantitative estimate of drug-likeness (QED) is 0.810. The number of piperazine rings is 1. The molecule has 1 N–H and O–H groups in total. The fourth-order valence-electron chi connectivity index (χ4n) is 1.73. The van der Waals surface area contributed by atoms with Crippen LogP contribution in [0.2, 0.25) is 0 Å². The normalized spacial score (nSPS) is 16.2. The molecule has 2 heterocycles. The van der Waals surface area contributed by atoms with Crippen molar-refractivity contribution < 1.29 is 4.79 Å². The van der Waals surface area contributed by atoms with Crippen molar-refractivity contribution in [2.75, 3.05) is 43.4 Å². The van der Waals surface area contributed by atoms with Gasteiger partial charge in [0.1, 0.15) is 11.6 Å². The lowest BCUT2D eigenvalue weighted by atomic mass is 10.3. The van der Waals surface area contributed by atoms with E-state index in [2.05, 4.69) is 15.3 Å². The molecule has 0 atom stereocenters. The molecule has 1 aromatic rings. The summed E-state index contributed by atoms with van der Waals surface area (Å²) in [6.45, 7) is 4.72. The average molecular weight is 235 g/mol. The summed E-state index contributed by atoms with van der Waals surface area (Å²) in [4.78, 5) is 23.9. The van der Waals surface area contributed by atoms with Crippen LogP contribution >= 0.6 is 0 Å². The fourth-order valence-corrected chi connectivity index (χ4v) is 1.73. The maximum atomic E-state index is 11.6. The van der Waals surface area contributed by atoms with Gasteiger partial charge in [0.05, 0.1) is 18.9 Å². The number of nitrogens with one attached hydrogen (secondary N) is 1. The number of hydrogen-bond donors (Lipinski definition) is 1. The Balaban J connectivity index is 2.11. The van der Waals surface area contributed by atoms with Crippen molar-refractivity contribution in [3.8, 4) is 0 Å². The number of likely N-dealkylation sites (N-methyl/N-ethyl adjacent to an activating group) is 1. The molecule has 6 nitrogen and oxygen atoms in total. The van der Waals surface area contributed by atoms with E-state index in [-0.39, 0.29) is 5.91 Å². The Bertz CT molecular complexity index is 409. The monoisotopic (exact) mass is 235 g/mol. The molecule has 1 aliphatic rings. The van der Waals surface area contributed by atoms with E-state index in [1.807, 2.05) is 18.9 Å². The number of amides is 1. The molecule has 2 rings (SSSR count). The first kappa shape index (κ1) is 11.6. The highest BCUT2D eigenvalue weighted by Gasteiger charge is 2.22. The van der Waals surface area contributed by atoms with E-state index in [4.69, 9.17) is 0 Å². The van der Waals surface area contributed by atoms with E-state index in [1.54, 1.807) is 17.3 Å². The number of carbonyl (C=O) groups excluding carboxylic acids is 1. The molecule has 1 fully saturated rings. The molecular formula is C11H17N5O. The summed E-state index contributed by atoms with van der Waals surface area (Å²) in [5.74, 6) is 1.62. The second-order valence-electron chi connectivity index (χ2n) is 4.03. The highest BCUT2D eigenvalue weighted by molar-refractivity contribution is 5.82. The second-order valence-corrected chi connectivity index (χ2v) is 4.03. The van der Waals surface area contributed by atoms with Crippen LogP contribution < -0.4 is 10.2 Å². The van der Waals surface area contributed by atoms with Crippen LogP contribution in [-0.4, -0.2) is 54.0 Å². The van der Waals surface area contributed by atoms with Gasteiger partial charge in [-0.25, -0.2) is 4.98 Å². The van der Waals surface area contributed by atoms with Crippen LogP contribution in [0.1, 0.15) is 6.92 Å². The Kier molecular flexibility index (Phi) is 3.41. The summed E-state index contributed by atoms with van der Waals surface area (Å²) in [5, 5.41) is 3.11. The van der Waals surface area contributed by atoms with E-state index in [0.717, 1.165) is 31.3 Å². The Morgan fingerprint density at radius 1 is 1.41 bits per heavy atom. The molecule has 0 radical (unpaired) electrons. The van der Waals surface area contributed by atoms with Gasteiger partial charge in [0.2, 0.25) is 5.91 Å². The Morgan fingerprint density at radius 3 is 2.94 bits per heavy atom. The van der Waals surface area contributed by atoms with E-state index >= 15 is 0 Å². The third-order valence-corrected chi connectivity index (χ3v) is 2.76. The summed E-state index contributed by atoms with van der Waals surface area (Å²) in [6, 6.07) is 0. The molecule has 92 valence electrons. The number of rotatable bonds is 3. The van der Waals surface area contributed by atoms with E-state index in [9.17, 15) is 4.79 Å². The van der Waals surface area contributed by atoms with Gasteiger partial charge in [-0.05, 0) is 6.92 Å². The third kappa shape index (κ3) is 2.64. The first-order valence-corrected chi connectivity index (χ1v) is 5.75. The van der Waals surface area contributed by atoms with Crippen molar-refractivity contribution in [2.24, 2.45) is 0 Å². The molecular weight excluding hydrogens is 218 g/mol. The van der Waals surface area contributed by atoms with Crippen molar-refractivity contribution >= 4 is 17.5 Å². The minimum Gasteiger partial charge on any atom is -0.369 e. The van der Waals surface area contributed by atoms with Crippen LogP contribution in [-0.2, 0) is 4.79 Å². The molecule has 1 saturated heterocycles. The second kappa shape index (κ2) is 4.99. The van der Waals surface area contributed by atoms with Crippen LogP contribution in [0.4, 0.5) is 11.6 Å². The zero-order valence-electron chi connectivity index (χ0n) is 10.2. The standard InChI is InChI=1S/C11H17N5O/c1-3-13-9-6-12-7-10(14-9)16-5-4-15(2)11(17)8-16/h6-7H,3-5,8H2,1-2H3,(H,13,14). The minimum absolute atomic E-state index is 0.118. The zero-order valence-corrected chi connectivity index (χ0v) is 10.2. The average Bonchev–Trinajstić information content (AvgIpc) is 2.33. The lowest BCUT2D eigenvalue weighted by molar-refractivity contribution is -0.129. The predicted molar refractivity (Wildman–Crippen MR) is 66.0 cm³/mol. The molecule has 0 saturated carbocycles. The highest BCUT2D eigenvalue weighted by Crippen LogP contribution is 2.14. The summed E-state index contributed by atoms with van der Waals surface area (Å²) in [7, 11) is 1.82. The van der Waals surface area contributed by atoms with Crippen LogP contribution in [0.5, 0.6) is 0 Å². The van der Waals surface area contributed by atoms with Crippen LogP contribution in [0.15, 0.2) is 12.4 Å². The van der Waals surface area contributed by atoms with Crippen molar-refractivity contribution in [1.82, 2.24) is 14.9 Å². The largest absolute Gasteiger partial charge is 0.369 e. The van der Waals surface area contributed by atoms with Gasteiger partial charge in [-0.3, -0.25) is 9.78 Å². The number of nitrogens with zero attached hydrogens (tertiary/aromatic N) is 4. The van der Waals surface area contributed by atoms with Gasteiger partial charge < -0.3 is 15.1 Å². The molecule has 0 aliphatic carbocycles.